The molecule has 1 heterocycles. The Morgan fingerprint density at radius 3 is 2.33 bits per heavy atom. The number of carbonyl (C=O) groups is 1. The van der Waals surface area contributed by atoms with Gasteiger partial charge in [0.25, 0.3) is 5.91 Å². The predicted molar refractivity (Wildman–Crippen MR) is 106 cm³/mol. The summed E-state index contributed by atoms with van der Waals surface area (Å²) in [6.45, 7) is 1.14. The summed E-state index contributed by atoms with van der Waals surface area (Å²) in [5, 5.41) is 21.2. The van der Waals surface area contributed by atoms with Crippen molar-refractivity contribution in [1.82, 2.24) is 9.80 Å². The van der Waals surface area contributed by atoms with Crippen LogP contribution in [-0.4, -0.2) is 65.3 Å². The molecular weight excluding hydrogens is 364 g/mol. The molecule has 1 aliphatic heterocycles. The quantitative estimate of drug-likeness (QED) is 0.825. The highest BCUT2D eigenvalue weighted by molar-refractivity contribution is 6.30. The van der Waals surface area contributed by atoms with Crippen LogP contribution in [-0.2, 0) is 6.54 Å². The van der Waals surface area contributed by atoms with Crippen LogP contribution in [0, 0.1) is 0 Å². The van der Waals surface area contributed by atoms with E-state index in [4.69, 9.17) is 11.6 Å². The first-order valence-corrected chi connectivity index (χ1v) is 9.37. The van der Waals surface area contributed by atoms with Crippen molar-refractivity contribution >= 4 is 17.5 Å². The Balaban J connectivity index is 1.74. The van der Waals surface area contributed by atoms with E-state index in [2.05, 4.69) is 4.90 Å². The first-order chi connectivity index (χ1) is 12.9. The second-order valence-electron chi connectivity index (χ2n) is 7.22. The van der Waals surface area contributed by atoms with Crippen molar-refractivity contribution in [3.05, 3.63) is 70.2 Å². The number of hydrogen-bond acceptors (Lipinski definition) is 4. The fourth-order valence-corrected chi connectivity index (χ4v) is 3.77. The SMILES string of the molecule is CN(C)C(=O)c1ccc(CN2C[C@H](c3ccc(Cl)cc3)[C@@H](O)[C@H]2CO)cc1. The van der Waals surface area contributed by atoms with Crippen molar-refractivity contribution in [1.29, 1.82) is 0 Å². The lowest BCUT2D eigenvalue weighted by Crippen LogP contribution is -2.38. The second kappa shape index (κ2) is 8.40. The molecule has 0 bridgehead atoms. The maximum Gasteiger partial charge on any atom is 0.253 e. The fraction of sp³-hybridized carbons (Fsp3) is 0.381. The number of aliphatic hydroxyl groups is 2. The standard InChI is InChI=1S/C21H25ClN2O3/c1-23(2)21(27)16-5-3-14(4-6-16)11-24-12-18(20(26)19(24)13-25)15-7-9-17(22)10-8-15/h3-10,18-20,25-26H,11-13H2,1-2H3/t18-,19-,20-/m1/s1. The number of aliphatic hydroxyl groups excluding tert-OH is 2. The Kier molecular flexibility index (Phi) is 6.17. The van der Waals surface area contributed by atoms with Crippen molar-refractivity contribution < 1.29 is 15.0 Å². The van der Waals surface area contributed by atoms with E-state index < -0.39 is 6.10 Å². The molecule has 2 aromatic rings. The van der Waals surface area contributed by atoms with Crippen molar-refractivity contribution in [2.75, 3.05) is 27.2 Å². The highest BCUT2D eigenvalue weighted by atomic mass is 35.5. The minimum Gasteiger partial charge on any atom is -0.395 e. The van der Waals surface area contributed by atoms with Crippen LogP contribution in [0.4, 0.5) is 0 Å². The zero-order valence-electron chi connectivity index (χ0n) is 15.5. The van der Waals surface area contributed by atoms with E-state index in [0.717, 1.165) is 11.1 Å². The number of likely N-dealkylation sites (tertiary alicyclic amines) is 1. The maximum absolute atomic E-state index is 12.0. The average molecular weight is 389 g/mol. The summed E-state index contributed by atoms with van der Waals surface area (Å²) in [7, 11) is 3.45. The van der Waals surface area contributed by atoms with Crippen molar-refractivity contribution in [2.24, 2.45) is 0 Å². The third-order valence-corrected chi connectivity index (χ3v) is 5.44. The molecule has 0 radical (unpaired) electrons. The first-order valence-electron chi connectivity index (χ1n) is 8.99. The zero-order chi connectivity index (χ0) is 19.6. The van der Waals surface area contributed by atoms with Gasteiger partial charge in [-0.25, -0.2) is 0 Å². The Bertz CT molecular complexity index is 777. The normalized spacial score (nSPS) is 22.8. The molecule has 144 valence electrons. The molecule has 5 nitrogen and oxygen atoms in total. The van der Waals surface area contributed by atoms with E-state index in [1.54, 1.807) is 19.0 Å². The largest absolute Gasteiger partial charge is 0.395 e. The van der Waals surface area contributed by atoms with Crippen LogP contribution in [0.3, 0.4) is 0 Å². The molecule has 0 aromatic heterocycles. The molecule has 3 atom stereocenters. The van der Waals surface area contributed by atoms with Gasteiger partial charge in [0.05, 0.1) is 18.8 Å². The molecule has 2 N–H and O–H groups in total. The van der Waals surface area contributed by atoms with Crippen LogP contribution in [0.2, 0.25) is 5.02 Å². The predicted octanol–water partition coefficient (Wildman–Crippen LogP) is 2.36. The Morgan fingerprint density at radius 1 is 1.15 bits per heavy atom. The van der Waals surface area contributed by atoms with Gasteiger partial charge < -0.3 is 15.1 Å². The summed E-state index contributed by atoms with van der Waals surface area (Å²) < 4.78 is 0. The summed E-state index contributed by atoms with van der Waals surface area (Å²) in [5.41, 5.74) is 2.69. The molecule has 27 heavy (non-hydrogen) atoms. The smallest absolute Gasteiger partial charge is 0.253 e. The minimum absolute atomic E-state index is 0.0332. The highest BCUT2D eigenvalue weighted by Crippen LogP contribution is 2.33. The van der Waals surface area contributed by atoms with Gasteiger partial charge in [0.15, 0.2) is 0 Å². The number of benzene rings is 2. The van der Waals surface area contributed by atoms with E-state index in [0.29, 0.717) is 23.7 Å². The van der Waals surface area contributed by atoms with E-state index in [1.165, 1.54) is 0 Å². The van der Waals surface area contributed by atoms with Gasteiger partial charge >= 0.3 is 0 Å². The van der Waals surface area contributed by atoms with Gasteiger partial charge in [-0.1, -0.05) is 35.9 Å². The van der Waals surface area contributed by atoms with Gasteiger partial charge in [0.1, 0.15) is 0 Å². The van der Waals surface area contributed by atoms with Crippen LogP contribution < -0.4 is 0 Å². The number of nitrogens with zero attached hydrogens (tertiary/aromatic N) is 2. The summed E-state index contributed by atoms with van der Waals surface area (Å²) in [4.78, 5) is 15.6. The van der Waals surface area contributed by atoms with Crippen molar-refractivity contribution in [3.63, 3.8) is 0 Å². The van der Waals surface area contributed by atoms with Gasteiger partial charge in [-0.3, -0.25) is 9.69 Å². The lowest BCUT2D eigenvalue weighted by Gasteiger charge is -2.24. The van der Waals surface area contributed by atoms with Gasteiger partial charge in [-0.15, -0.1) is 0 Å². The molecular formula is C21H25ClN2O3. The van der Waals surface area contributed by atoms with Crippen molar-refractivity contribution in [2.45, 2.75) is 24.6 Å². The van der Waals surface area contributed by atoms with E-state index in [9.17, 15) is 15.0 Å². The van der Waals surface area contributed by atoms with Gasteiger partial charge in [0.2, 0.25) is 0 Å². The van der Waals surface area contributed by atoms with E-state index in [1.807, 2.05) is 48.5 Å². The molecule has 0 spiro atoms. The van der Waals surface area contributed by atoms with Crippen LogP contribution in [0.15, 0.2) is 48.5 Å². The summed E-state index contributed by atoms with van der Waals surface area (Å²) in [6.07, 6.45) is -0.647. The van der Waals surface area contributed by atoms with Gasteiger partial charge in [-0.2, -0.15) is 0 Å². The number of halogens is 1. The molecule has 0 saturated carbocycles. The van der Waals surface area contributed by atoms with Crippen LogP contribution in [0.5, 0.6) is 0 Å². The fourth-order valence-electron chi connectivity index (χ4n) is 3.64. The molecule has 6 heteroatoms. The number of amides is 1. The van der Waals surface area contributed by atoms with Gasteiger partial charge in [0, 0.05) is 43.7 Å². The van der Waals surface area contributed by atoms with Crippen LogP contribution in [0.25, 0.3) is 0 Å². The lowest BCUT2D eigenvalue weighted by atomic mass is 9.94. The average Bonchev–Trinajstić information content (AvgIpc) is 2.97. The topological polar surface area (TPSA) is 64.0 Å². The lowest BCUT2D eigenvalue weighted by molar-refractivity contribution is 0.0641. The maximum atomic E-state index is 12.0. The zero-order valence-corrected chi connectivity index (χ0v) is 16.3. The number of carbonyl (C=O) groups excluding carboxylic acids is 1. The van der Waals surface area contributed by atoms with E-state index in [-0.39, 0.29) is 24.5 Å². The van der Waals surface area contributed by atoms with Crippen LogP contribution >= 0.6 is 11.6 Å². The molecule has 1 aliphatic rings. The minimum atomic E-state index is -0.647. The molecule has 1 saturated heterocycles. The summed E-state index contributed by atoms with van der Waals surface area (Å²) in [6, 6.07) is 14.6. The summed E-state index contributed by atoms with van der Waals surface area (Å²) in [5.74, 6) is -0.108. The highest BCUT2D eigenvalue weighted by Gasteiger charge is 2.40. The molecule has 2 aromatic carbocycles. The number of hydrogen-bond donors (Lipinski definition) is 2. The molecule has 0 unspecified atom stereocenters. The molecule has 0 aliphatic carbocycles. The Labute approximate surface area is 164 Å². The summed E-state index contributed by atoms with van der Waals surface area (Å²) >= 11 is 5.96. The third-order valence-electron chi connectivity index (χ3n) is 5.18. The van der Waals surface area contributed by atoms with Crippen LogP contribution in [0.1, 0.15) is 27.4 Å². The first kappa shape index (κ1) is 19.8. The molecule has 1 fully saturated rings. The molecule has 3 rings (SSSR count). The Hall–Kier alpha value is -1.92. The van der Waals surface area contributed by atoms with Gasteiger partial charge in [-0.05, 0) is 35.4 Å². The van der Waals surface area contributed by atoms with E-state index >= 15 is 0 Å². The van der Waals surface area contributed by atoms with Crippen molar-refractivity contribution in [3.8, 4) is 0 Å². The monoisotopic (exact) mass is 388 g/mol. The third kappa shape index (κ3) is 4.33. The number of rotatable bonds is 5. The Morgan fingerprint density at radius 2 is 1.78 bits per heavy atom. The second-order valence-corrected chi connectivity index (χ2v) is 7.66. The molecule has 1 amide bonds.